The highest BCUT2D eigenvalue weighted by molar-refractivity contribution is 5.46. The Balaban J connectivity index is 1.25. The first-order chi connectivity index (χ1) is 14.4. The first-order valence-corrected chi connectivity index (χ1v) is 11.0. The Kier molecular flexibility index (Phi) is 6.98. The largest absolute Gasteiger partial charge is 0.369 e. The lowest BCUT2D eigenvalue weighted by atomic mass is 9.87. The fourth-order valence-electron chi connectivity index (χ4n) is 4.45. The predicted octanol–water partition coefficient (Wildman–Crippen LogP) is 5.81. The van der Waals surface area contributed by atoms with Gasteiger partial charge in [0, 0.05) is 37.8 Å². The van der Waals surface area contributed by atoms with Gasteiger partial charge in [-0.15, -0.1) is 0 Å². The molecule has 0 N–H and O–H groups in total. The van der Waals surface area contributed by atoms with Gasteiger partial charge in [-0.05, 0) is 42.6 Å². The van der Waals surface area contributed by atoms with E-state index in [-0.39, 0.29) is 0 Å². The highest BCUT2D eigenvalue weighted by Crippen LogP contribution is 2.29. The zero-order chi connectivity index (χ0) is 19.7. The number of piperazine rings is 1. The van der Waals surface area contributed by atoms with Gasteiger partial charge < -0.3 is 4.90 Å². The molecule has 3 aromatic rings. The van der Waals surface area contributed by atoms with Crippen LogP contribution in [0, 0.1) is 0 Å². The molecule has 0 aromatic heterocycles. The maximum atomic E-state index is 2.64. The van der Waals surface area contributed by atoms with Crippen LogP contribution in [0.3, 0.4) is 0 Å². The fourth-order valence-corrected chi connectivity index (χ4v) is 4.45. The van der Waals surface area contributed by atoms with Crippen LogP contribution in [0.25, 0.3) is 0 Å². The van der Waals surface area contributed by atoms with Crippen LogP contribution in [0.15, 0.2) is 91.0 Å². The molecule has 0 spiro atoms. The van der Waals surface area contributed by atoms with Gasteiger partial charge in [-0.3, -0.25) is 4.90 Å². The van der Waals surface area contributed by atoms with Gasteiger partial charge in [-0.2, -0.15) is 0 Å². The lowest BCUT2D eigenvalue weighted by Gasteiger charge is -2.36. The Morgan fingerprint density at radius 2 is 1.10 bits per heavy atom. The lowest BCUT2D eigenvalue weighted by molar-refractivity contribution is 0.252. The Hall–Kier alpha value is -2.58. The van der Waals surface area contributed by atoms with Gasteiger partial charge in [0.2, 0.25) is 0 Å². The highest BCUT2D eigenvalue weighted by atomic mass is 15.3. The van der Waals surface area contributed by atoms with Crippen molar-refractivity contribution in [3.8, 4) is 0 Å². The predicted molar refractivity (Wildman–Crippen MR) is 124 cm³/mol. The van der Waals surface area contributed by atoms with Crippen molar-refractivity contribution >= 4 is 5.69 Å². The molecule has 1 aliphatic heterocycles. The molecule has 150 valence electrons. The van der Waals surface area contributed by atoms with Crippen molar-refractivity contribution in [2.24, 2.45) is 0 Å². The summed E-state index contributed by atoms with van der Waals surface area (Å²) in [6, 6.07) is 32.8. The van der Waals surface area contributed by atoms with E-state index in [1.165, 1.54) is 55.7 Å². The molecule has 4 rings (SSSR count). The molecule has 1 aliphatic rings. The van der Waals surface area contributed by atoms with Crippen LogP contribution in [0.1, 0.15) is 36.3 Å². The molecule has 0 bridgehead atoms. The molecular formula is C27H32N2. The molecule has 0 radical (unpaired) electrons. The normalized spacial score (nSPS) is 15.0. The molecule has 2 heteroatoms. The second kappa shape index (κ2) is 10.3. The van der Waals surface area contributed by atoms with Crippen molar-refractivity contribution in [1.29, 1.82) is 0 Å². The molecule has 0 atom stereocenters. The van der Waals surface area contributed by atoms with E-state index in [9.17, 15) is 0 Å². The lowest BCUT2D eigenvalue weighted by Crippen LogP contribution is -2.46. The van der Waals surface area contributed by atoms with Crippen LogP contribution in [0.4, 0.5) is 5.69 Å². The Labute approximate surface area is 175 Å². The molecule has 0 aliphatic carbocycles. The van der Waals surface area contributed by atoms with Crippen molar-refractivity contribution in [2.75, 3.05) is 37.6 Å². The zero-order valence-corrected chi connectivity index (χ0v) is 17.3. The topological polar surface area (TPSA) is 6.48 Å². The highest BCUT2D eigenvalue weighted by Gasteiger charge is 2.17. The zero-order valence-electron chi connectivity index (χ0n) is 17.3. The number of nitrogens with zero attached hydrogens (tertiary/aromatic N) is 2. The minimum absolute atomic E-state index is 0.507. The number of unbranched alkanes of at least 4 members (excludes halogenated alkanes) is 1. The van der Waals surface area contributed by atoms with Gasteiger partial charge in [0.25, 0.3) is 0 Å². The van der Waals surface area contributed by atoms with Crippen molar-refractivity contribution < 1.29 is 0 Å². The van der Waals surface area contributed by atoms with Gasteiger partial charge in [0.1, 0.15) is 0 Å². The van der Waals surface area contributed by atoms with Gasteiger partial charge in [-0.25, -0.2) is 0 Å². The van der Waals surface area contributed by atoms with Crippen LogP contribution >= 0.6 is 0 Å². The number of para-hydroxylation sites is 1. The summed E-state index contributed by atoms with van der Waals surface area (Å²) in [6.45, 7) is 5.85. The monoisotopic (exact) mass is 384 g/mol. The van der Waals surface area contributed by atoms with Crippen molar-refractivity contribution in [3.05, 3.63) is 102 Å². The summed E-state index contributed by atoms with van der Waals surface area (Å²) < 4.78 is 0. The first kappa shape index (κ1) is 19.7. The van der Waals surface area contributed by atoms with Crippen LogP contribution < -0.4 is 4.90 Å². The van der Waals surface area contributed by atoms with E-state index in [0.29, 0.717) is 5.92 Å². The third-order valence-electron chi connectivity index (χ3n) is 6.11. The molecule has 3 aromatic carbocycles. The Bertz CT molecular complexity index is 785. The third-order valence-corrected chi connectivity index (χ3v) is 6.11. The quantitative estimate of drug-likeness (QED) is 0.452. The molecule has 0 amide bonds. The molecule has 2 nitrogen and oxygen atoms in total. The first-order valence-electron chi connectivity index (χ1n) is 11.0. The van der Waals surface area contributed by atoms with Gasteiger partial charge in [0.15, 0.2) is 0 Å². The van der Waals surface area contributed by atoms with E-state index in [1.54, 1.807) is 0 Å². The van der Waals surface area contributed by atoms with E-state index < -0.39 is 0 Å². The maximum absolute atomic E-state index is 2.64. The second-order valence-corrected chi connectivity index (χ2v) is 8.03. The third kappa shape index (κ3) is 5.48. The minimum Gasteiger partial charge on any atom is -0.369 e. The van der Waals surface area contributed by atoms with E-state index in [2.05, 4.69) is 101 Å². The average molecular weight is 385 g/mol. The number of hydrogen-bond acceptors (Lipinski definition) is 2. The van der Waals surface area contributed by atoms with Gasteiger partial charge in [0.05, 0.1) is 0 Å². The molecule has 0 unspecified atom stereocenters. The Morgan fingerprint density at radius 1 is 0.586 bits per heavy atom. The van der Waals surface area contributed by atoms with Crippen molar-refractivity contribution in [3.63, 3.8) is 0 Å². The SMILES string of the molecule is c1ccc(C(CCCCN2CCN(c3ccccc3)CC2)c2ccccc2)cc1. The molecule has 1 heterocycles. The molecule has 29 heavy (non-hydrogen) atoms. The summed E-state index contributed by atoms with van der Waals surface area (Å²) in [6.07, 6.45) is 3.77. The maximum Gasteiger partial charge on any atom is 0.0367 e. The smallest absolute Gasteiger partial charge is 0.0367 e. The van der Waals surface area contributed by atoms with E-state index in [1.807, 2.05) is 0 Å². The number of rotatable bonds is 8. The van der Waals surface area contributed by atoms with Crippen molar-refractivity contribution in [2.45, 2.75) is 25.2 Å². The summed E-state index contributed by atoms with van der Waals surface area (Å²) in [4.78, 5) is 5.15. The summed E-state index contributed by atoms with van der Waals surface area (Å²) in [7, 11) is 0. The summed E-state index contributed by atoms with van der Waals surface area (Å²) in [5.74, 6) is 0.507. The Morgan fingerprint density at radius 3 is 1.66 bits per heavy atom. The molecule has 1 saturated heterocycles. The van der Waals surface area contributed by atoms with E-state index >= 15 is 0 Å². The summed E-state index contributed by atoms with van der Waals surface area (Å²) in [5, 5.41) is 0. The van der Waals surface area contributed by atoms with Crippen LogP contribution in [-0.2, 0) is 0 Å². The van der Waals surface area contributed by atoms with E-state index in [4.69, 9.17) is 0 Å². The number of benzene rings is 3. The van der Waals surface area contributed by atoms with Crippen molar-refractivity contribution in [1.82, 2.24) is 4.90 Å². The summed E-state index contributed by atoms with van der Waals surface area (Å²) >= 11 is 0. The number of anilines is 1. The number of hydrogen-bond donors (Lipinski definition) is 0. The van der Waals surface area contributed by atoms with Gasteiger partial charge >= 0.3 is 0 Å². The minimum atomic E-state index is 0.507. The van der Waals surface area contributed by atoms with Crippen LogP contribution in [0.5, 0.6) is 0 Å². The molecular weight excluding hydrogens is 352 g/mol. The van der Waals surface area contributed by atoms with Crippen LogP contribution in [-0.4, -0.2) is 37.6 Å². The van der Waals surface area contributed by atoms with E-state index in [0.717, 1.165) is 13.1 Å². The second-order valence-electron chi connectivity index (χ2n) is 8.03. The van der Waals surface area contributed by atoms with Gasteiger partial charge in [-0.1, -0.05) is 85.3 Å². The fraction of sp³-hybridized carbons (Fsp3) is 0.333. The standard InChI is InChI=1S/C27H32N2/c1-4-12-24(13-5-1)27(25-14-6-2-7-15-25)18-10-11-19-28-20-22-29(23-21-28)26-16-8-3-9-17-26/h1-9,12-17,27H,10-11,18-23H2. The summed E-state index contributed by atoms with van der Waals surface area (Å²) in [5.41, 5.74) is 4.24. The molecule has 1 fully saturated rings. The molecule has 0 saturated carbocycles. The van der Waals surface area contributed by atoms with Crippen LogP contribution in [0.2, 0.25) is 0 Å². The average Bonchev–Trinajstić information content (AvgIpc) is 2.81.